The quantitative estimate of drug-likeness (QED) is 0.171. The number of nitrogens with one attached hydrogen (secondary N) is 1. The van der Waals surface area contributed by atoms with Gasteiger partial charge in [-0.2, -0.15) is 5.10 Å². The lowest BCUT2D eigenvalue weighted by molar-refractivity contribution is 0.563. The first kappa shape index (κ1) is 21.3. The van der Waals surface area contributed by atoms with Gasteiger partial charge in [0.2, 0.25) is 5.13 Å². The zero-order valence-electron chi connectivity index (χ0n) is 18.1. The largest absolute Gasteiger partial charge is 0.422 e. The van der Waals surface area contributed by atoms with Crippen molar-refractivity contribution in [3.05, 3.63) is 106 Å². The molecule has 0 amide bonds. The van der Waals surface area contributed by atoms with Crippen molar-refractivity contribution in [1.82, 2.24) is 14.4 Å². The topological polar surface area (TPSA) is 84.8 Å². The number of rotatable bonds is 5. The standard InChI is InChI=1S/C26H16ClN5O2S/c27-18-10-8-16(9-11-18)24-21(32-12-4-3-7-23(32)30-24)14-28-31-26-29-20(15-35-26)19-13-17-5-1-2-6-22(17)34-25(19)33/h1-15H,(H,29,31)/b28-14+. The molecule has 0 saturated heterocycles. The van der Waals surface area contributed by atoms with E-state index >= 15 is 0 Å². The molecule has 6 rings (SSSR count). The highest BCUT2D eigenvalue weighted by molar-refractivity contribution is 7.14. The molecule has 170 valence electrons. The Morgan fingerprint density at radius 1 is 1.03 bits per heavy atom. The molecule has 7 nitrogen and oxygen atoms in total. The Bertz CT molecular complexity index is 1770. The number of aromatic nitrogens is 3. The maximum atomic E-state index is 12.5. The fourth-order valence-corrected chi connectivity index (χ4v) is 4.58. The summed E-state index contributed by atoms with van der Waals surface area (Å²) in [5, 5.41) is 8.25. The molecule has 6 aromatic rings. The molecule has 2 aromatic carbocycles. The van der Waals surface area contributed by atoms with E-state index in [2.05, 4.69) is 15.5 Å². The normalized spacial score (nSPS) is 11.6. The number of thiazole rings is 1. The van der Waals surface area contributed by atoms with Crippen LogP contribution < -0.4 is 11.1 Å². The number of hydrogen-bond acceptors (Lipinski definition) is 7. The molecule has 0 fully saturated rings. The zero-order valence-corrected chi connectivity index (χ0v) is 19.6. The van der Waals surface area contributed by atoms with Crippen LogP contribution in [0.1, 0.15) is 5.69 Å². The van der Waals surface area contributed by atoms with Crippen LogP contribution in [0.3, 0.4) is 0 Å². The van der Waals surface area contributed by atoms with Gasteiger partial charge in [-0.05, 0) is 36.4 Å². The number of nitrogens with zero attached hydrogens (tertiary/aromatic N) is 4. The maximum absolute atomic E-state index is 12.5. The first-order chi connectivity index (χ1) is 17.2. The van der Waals surface area contributed by atoms with Crippen molar-refractivity contribution in [1.29, 1.82) is 0 Å². The number of fused-ring (bicyclic) bond motifs is 2. The van der Waals surface area contributed by atoms with Gasteiger partial charge in [-0.1, -0.05) is 48.0 Å². The SMILES string of the molecule is O=c1oc2ccccc2cc1-c1csc(N/N=C/c2c(-c3ccc(Cl)cc3)nc3ccccn23)n1. The summed E-state index contributed by atoms with van der Waals surface area (Å²) in [5.41, 5.74) is 7.34. The van der Waals surface area contributed by atoms with Gasteiger partial charge in [0, 0.05) is 27.5 Å². The van der Waals surface area contributed by atoms with Crippen LogP contribution >= 0.6 is 22.9 Å². The third kappa shape index (κ3) is 4.09. The lowest BCUT2D eigenvalue weighted by atomic mass is 10.1. The molecule has 0 aliphatic heterocycles. The van der Waals surface area contributed by atoms with E-state index in [9.17, 15) is 4.79 Å². The van der Waals surface area contributed by atoms with Gasteiger partial charge in [0.1, 0.15) is 11.2 Å². The molecule has 35 heavy (non-hydrogen) atoms. The number of para-hydroxylation sites is 1. The predicted molar refractivity (Wildman–Crippen MR) is 140 cm³/mol. The minimum atomic E-state index is -0.428. The van der Waals surface area contributed by atoms with E-state index in [0.717, 1.165) is 28.0 Å². The molecule has 4 heterocycles. The van der Waals surface area contributed by atoms with Crippen molar-refractivity contribution in [2.24, 2.45) is 5.10 Å². The average molecular weight is 498 g/mol. The molecule has 0 spiro atoms. The summed E-state index contributed by atoms with van der Waals surface area (Å²) in [5.74, 6) is 0. The van der Waals surface area contributed by atoms with Crippen LogP contribution in [-0.2, 0) is 0 Å². The highest BCUT2D eigenvalue weighted by Crippen LogP contribution is 2.27. The molecule has 0 unspecified atom stereocenters. The molecular weight excluding hydrogens is 482 g/mol. The molecule has 0 atom stereocenters. The van der Waals surface area contributed by atoms with Crippen LogP contribution in [0.5, 0.6) is 0 Å². The van der Waals surface area contributed by atoms with Crippen LogP contribution in [0.2, 0.25) is 5.02 Å². The second-order valence-corrected chi connectivity index (χ2v) is 8.97. The van der Waals surface area contributed by atoms with Crippen LogP contribution in [-0.4, -0.2) is 20.6 Å². The fraction of sp³-hybridized carbons (Fsp3) is 0. The average Bonchev–Trinajstić information content (AvgIpc) is 3.49. The number of halogens is 1. The Kier molecular flexibility index (Phi) is 5.36. The van der Waals surface area contributed by atoms with Crippen LogP contribution in [0.15, 0.2) is 98.7 Å². The van der Waals surface area contributed by atoms with Gasteiger partial charge in [0.05, 0.1) is 28.9 Å². The molecule has 0 bridgehead atoms. The van der Waals surface area contributed by atoms with Crippen molar-refractivity contribution >= 4 is 50.9 Å². The number of hydrazone groups is 1. The molecule has 4 aromatic heterocycles. The summed E-state index contributed by atoms with van der Waals surface area (Å²) in [6, 6.07) is 22.5. The van der Waals surface area contributed by atoms with Gasteiger partial charge in [0.25, 0.3) is 0 Å². The Balaban J connectivity index is 1.30. The van der Waals surface area contributed by atoms with Crippen LogP contribution in [0.4, 0.5) is 5.13 Å². The van der Waals surface area contributed by atoms with Gasteiger partial charge >= 0.3 is 5.63 Å². The third-order valence-corrected chi connectivity index (χ3v) is 6.45. The minimum Gasteiger partial charge on any atom is -0.422 e. The Morgan fingerprint density at radius 3 is 2.74 bits per heavy atom. The Morgan fingerprint density at radius 2 is 1.86 bits per heavy atom. The molecule has 9 heteroatoms. The van der Waals surface area contributed by atoms with Gasteiger partial charge in [-0.25, -0.2) is 14.8 Å². The van der Waals surface area contributed by atoms with Gasteiger partial charge < -0.3 is 4.42 Å². The lowest BCUT2D eigenvalue weighted by Gasteiger charge is -2.01. The van der Waals surface area contributed by atoms with E-state index in [1.165, 1.54) is 11.3 Å². The number of benzene rings is 2. The summed E-state index contributed by atoms with van der Waals surface area (Å²) < 4.78 is 7.39. The molecule has 1 N–H and O–H groups in total. The van der Waals surface area contributed by atoms with E-state index in [1.54, 1.807) is 23.7 Å². The van der Waals surface area contributed by atoms with Crippen LogP contribution in [0.25, 0.3) is 39.1 Å². The second kappa shape index (κ2) is 8.83. The first-order valence-electron chi connectivity index (χ1n) is 10.7. The van der Waals surface area contributed by atoms with Crippen molar-refractivity contribution in [3.8, 4) is 22.5 Å². The van der Waals surface area contributed by atoms with Gasteiger partial charge in [-0.15, -0.1) is 11.3 Å². The van der Waals surface area contributed by atoms with Crippen molar-refractivity contribution in [2.45, 2.75) is 0 Å². The monoisotopic (exact) mass is 497 g/mol. The van der Waals surface area contributed by atoms with Gasteiger partial charge in [-0.3, -0.25) is 9.83 Å². The smallest absolute Gasteiger partial charge is 0.345 e. The summed E-state index contributed by atoms with van der Waals surface area (Å²) in [6.07, 6.45) is 3.64. The summed E-state index contributed by atoms with van der Waals surface area (Å²) >= 11 is 7.41. The minimum absolute atomic E-state index is 0.406. The van der Waals surface area contributed by atoms with Gasteiger partial charge in [0.15, 0.2) is 0 Å². The summed E-state index contributed by atoms with van der Waals surface area (Å²) in [6.45, 7) is 0. The molecule has 0 saturated carbocycles. The third-order valence-electron chi connectivity index (χ3n) is 5.45. The van der Waals surface area contributed by atoms with E-state index < -0.39 is 5.63 Å². The molecule has 0 radical (unpaired) electrons. The van der Waals surface area contributed by atoms with E-state index in [1.807, 2.05) is 71.3 Å². The van der Waals surface area contributed by atoms with Crippen molar-refractivity contribution in [2.75, 3.05) is 5.43 Å². The summed E-state index contributed by atoms with van der Waals surface area (Å²) in [7, 11) is 0. The Hall–Kier alpha value is -4.27. The highest BCUT2D eigenvalue weighted by atomic mass is 35.5. The second-order valence-electron chi connectivity index (χ2n) is 7.67. The van der Waals surface area contributed by atoms with Crippen molar-refractivity contribution < 1.29 is 4.42 Å². The maximum Gasteiger partial charge on any atom is 0.345 e. The molecule has 0 aliphatic carbocycles. The molecular formula is C26H16ClN5O2S. The van der Waals surface area contributed by atoms with E-state index in [0.29, 0.717) is 27.0 Å². The zero-order chi connectivity index (χ0) is 23.8. The Labute approximate surface area is 208 Å². The molecule has 0 aliphatic rings. The predicted octanol–water partition coefficient (Wildman–Crippen LogP) is 6.33. The number of hydrogen-bond donors (Lipinski definition) is 1. The number of imidazole rings is 1. The number of pyridine rings is 1. The van der Waals surface area contributed by atoms with Crippen LogP contribution in [0, 0.1) is 0 Å². The van der Waals surface area contributed by atoms with E-state index in [-0.39, 0.29) is 0 Å². The van der Waals surface area contributed by atoms with E-state index in [4.69, 9.17) is 21.0 Å². The fourth-order valence-electron chi connectivity index (χ4n) is 3.80. The first-order valence-corrected chi connectivity index (χ1v) is 11.9. The summed E-state index contributed by atoms with van der Waals surface area (Å²) in [4.78, 5) is 21.7. The highest BCUT2D eigenvalue weighted by Gasteiger charge is 2.13. The van der Waals surface area contributed by atoms with Crippen molar-refractivity contribution in [3.63, 3.8) is 0 Å². The lowest BCUT2D eigenvalue weighted by Crippen LogP contribution is -2.03. The number of anilines is 1.